The largest absolute Gasteiger partial charge is 0.493 e. The molecule has 1 heterocycles. The van der Waals surface area contributed by atoms with Crippen molar-refractivity contribution in [3.63, 3.8) is 0 Å². The van der Waals surface area contributed by atoms with Crippen LogP contribution in [-0.2, 0) is 28.6 Å². The first kappa shape index (κ1) is 19.6. The number of hydrogen-bond acceptors (Lipinski definition) is 7. The second-order valence-corrected chi connectivity index (χ2v) is 9.20. The van der Waals surface area contributed by atoms with Gasteiger partial charge < -0.3 is 19.3 Å². The Morgan fingerprint density at radius 1 is 1.21 bits per heavy atom. The molecular formula is C21H28O7. The molecule has 154 valence electrons. The van der Waals surface area contributed by atoms with E-state index in [0.29, 0.717) is 0 Å². The molecule has 0 amide bonds. The first-order valence-corrected chi connectivity index (χ1v) is 9.87. The Kier molecular flexibility index (Phi) is 4.29. The summed E-state index contributed by atoms with van der Waals surface area (Å²) in [6.45, 7) is 5.73. The predicted octanol–water partition coefficient (Wildman–Crippen LogP) is 1.27. The Hall–Kier alpha value is -1.73. The highest BCUT2D eigenvalue weighted by Crippen LogP contribution is 2.67. The van der Waals surface area contributed by atoms with E-state index in [9.17, 15) is 19.5 Å². The molecule has 1 aliphatic heterocycles. The number of methoxy groups -OCH3 is 2. The van der Waals surface area contributed by atoms with Crippen LogP contribution in [0, 0.1) is 34.5 Å². The molecule has 0 aromatic heterocycles. The third kappa shape index (κ3) is 2.15. The van der Waals surface area contributed by atoms with Crippen molar-refractivity contribution >= 4 is 17.5 Å². The number of carbonyl (C=O) groups is 3. The number of esters is 1. The number of aliphatic hydroxyl groups is 1. The number of carbonyl (C=O) groups excluding carboxylic acids is 3. The fraction of sp³-hybridized carbons (Fsp3) is 0.762. The number of ketones is 2. The molecule has 0 bridgehead atoms. The molecule has 0 aromatic rings. The lowest BCUT2D eigenvalue weighted by molar-refractivity contribution is -0.274. The van der Waals surface area contributed by atoms with Gasteiger partial charge in [-0.2, -0.15) is 0 Å². The summed E-state index contributed by atoms with van der Waals surface area (Å²) in [5.74, 6) is -2.25. The van der Waals surface area contributed by atoms with Crippen molar-refractivity contribution in [2.24, 2.45) is 34.5 Å². The minimum atomic E-state index is -1.15. The Bertz CT molecular complexity index is 773. The smallest absolute Gasteiger partial charge is 0.306 e. The predicted molar refractivity (Wildman–Crippen MR) is 96.9 cm³/mol. The summed E-state index contributed by atoms with van der Waals surface area (Å²) in [5, 5.41) is 11.4. The van der Waals surface area contributed by atoms with Gasteiger partial charge in [-0.3, -0.25) is 14.4 Å². The van der Waals surface area contributed by atoms with Crippen LogP contribution in [0.2, 0.25) is 0 Å². The van der Waals surface area contributed by atoms with E-state index in [4.69, 9.17) is 14.2 Å². The van der Waals surface area contributed by atoms with Crippen LogP contribution in [0.15, 0.2) is 11.8 Å². The average molecular weight is 392 g/mol. The Balaban J connectivity index is 1.94. The fourth-order valence-corrected chi connectivity index (χ4v) is 7.01. The highest BCUT2D eigenvalue weighted by Gasteiger charge is 2.73. The molecule has 1 N–H and O–H groups in total. The molecule has 0 spiro atoms. The van der Waals surface area contributed by atoms with E-state index in [1.807, 2.05) is 13.8 Å². The van der Waals surface area contributed by atoms with Crippen molar-refractivity contribution in [2.45, 2.75) is 51.9 Å². The maximum atomic E-state index is 13.5. The van der Waals surface area contributed by atoms with Gasteiger partial charge in [0.1, 0.15) is 6.10 Å². The normalized spacial score (nSPS) is 50.3. The number of aliphatic hydroxyl groups excluding tert-OH is 1. The Morgan fingerprint density at radius 2 is 1.89 bits per heavy atom. The van der Waals surface area contributed by atoms with Crippen LogP contribution in [0.25, 0.3) is 0 Å². The van der Waals surface area contributed by atoms with Crippen molar-refractivity contribution in [3.8, 4) is 0 Å². The standard InChI is InChI=1S/C21H28O7/c1-9-10-7-15(23)28-14-6-11-12(22)8-13(26-4)19(25)21(11,3)18(20(10,14)2)16(24)17(9)27-5/h8-11,14,16-18,24H,6-7H2,1-5H3/t9-,10+,11+,14-,16-,17+,18+,20-,21+/m1/s1. The molecule has 1 saturated heterocycles. The van der Waals surface area contributed by atoms with Gasteiger partial charge >= 0.3 is 5.97 Å². The van der Waals surface area contributed by atoms with Gasteiger partial charge in [0.05, 0.1) is 24.7 Å². The van der Waals surface area contributed by atoms with Crippen LogP contribution in [-0.4, -0.2) is 55.2 Å². The number of fused-ring (bicyclic) bond motifs is 2. The van der Waals surface area contributed by atoms with Gasteiger partial charge in [0.25, 0.3) is 0 Å². The van der Waals surface area contributed by atoms with Gasteiger partial charge in [-0.05, 0) is 18.3 Å². The molecule has 28 heavy (non-hydrogen) atoms. The highest BCUT2D eigenvalue weighted by atomic mass is 16.5. The van der Waals surface area contributed by atoms with E-state index in [1.54, 1.807) is 6.92 Å². The van der Waals surface area contributed by atoms with Crippen LogP contribution in [0.5, 0.6) is 0 Å². The Labute approximate surface area is 164 Å². The van der Waals surface area contributed by atoms with Crippen molar-refractivity contribution in [1.82, 2.24) is 0 Å². The summed E-state index contributed by atoms with van der Waals surface area (Å²) in [4.78, 5) is 38.7. The molecule has 7 nitrogen and oxygen atoms in total. The van der Waals surface area contributed by atoms with E-state index in [-0.39, 0.29) is 48.0 Å². The van der Waals surface area contributed by atoms with Crippen molar-refractivity contribution in [3.05, 3.63) is 11.8 Å². The number of hydrogen-bond donors (Lipinski definition) is 1. The third-order valence-corrected chi connectivity index (χ3v) is 8.30. The number of Topliss-reactive ketones (excluding diaryl/α,β-unsaturated/α-hetero) is 1. The minimum absolute atomic E-state index is 0.0231. The maximum Gasteiger partial charge on any atom is 0.306 e. The van der Waals surface area contributed by atoms with Crippen molar-refractivity contribution in [1.29, 1.82) is 0 Å². The maximum absolute atomic E-state index is 13.5. The highest BCUT2D eigenvalue weighted by molar-refractivity contribution is 6.12. The lowest BCUT2D eigenvalue weighted by Crippen LogP contribution is -2.73. The molecule has 2 saturated carbocycles. The second kappa shape index (κ2) is 6.13. The monoisotopic (exact) mass is 392 g/mol. The summed E-state index contributed by atoms with van der Waals surface area (Å²) < 4.78 is 16.6. The number of ether oxygens (including phenoxy) is 3. The molecule has 9 atom stereocenters. The van der Waals surface area contributed by atoms with Crippen LogP contribution in [0.4, 0.5) is 0 Å². The van der Waals surface area contributed by atoms with Crippen molar-refractivity contribution in [2.75, 3.05) is 14.2 Å². The zero-order valence-corrected chi connectivity index (χ0v) is 16.9. The lowest BCUT2D eigenvalue weighted by atomic mass is 9.39. The Morgan fingerprint density at radius 3 is 2.50 bits per heavy atom. The van der Waals surface area contributed by atoms with Gasteiger partial charge in [-0.1, -0.05) is 20.8 Å². The SMILES string of the molecule is COC1=CC(=O)[C@@H]2C[C@H]3OC(=O)C[C@H]4[C@@H](C)[C@H](OC)[C@@H](O)[C@H]([C@@]2(C)C1=O)[C@@]34C. The summed E-state index contributed by atoms with van der Waals surface area (Å²) in [6, 6.07) is 0. The van der Waals surface area contributed by atoms with Gasteiger partial charge in [-0.25, -0.2) is 0 Å². The molecule has 4 aliphatic rings. The van der Waals surface area contributed by atoms with Gasteiger partial charge in [0.2, 0.25) is 5.78 Å². The van der Waals surface area contributed by atoms with Crippen LogP contribution < -0.4 is 0 Å². The molecule has 7 heteroatoms. The summed E-state index contributed by atoms with van der Waals surface area (Å²) in [6.07, 6.45) is -0.295. The quantitative estimate of drug-likeness (QED) is 0.707. The molecule has 4 rings (SSSR count). The summed E-state index contributed by atoms with van der Waals surface area (Å²) in [5.41, 5.74) is -1.79. The average Bonchev–Trinajstić information content (AvgIpc) is 2.63. The molecule has 0 unspecified atom stereocenters. The minimum Gasteiger partial charge on any atom is -0.493 e. The van der Waals surface area contributed by atoms with Crippen LogP contribution >= 0.6 is 0 Å². The van der Waals surface area contributed by atoms with E-state index >= 15 is 0 Å². The summed E-state index contributed by atoms with van der Waals surface area (Å²) in [7, 11) is 2.90. The zero-order valence-electron chi connectivity index (χ0n) is 16.9. The third-order valence-electron chi connectivity index (χ3n) is 8.30. The first-order valence-electron chi connectivity index (χ1n) is 9.87. The van der Waals surface area contributed by atoms with E-state index < -0.39 is 41.0 Å². The van der Waals surface area contributed by atoms with Gasteiger partial charge in [0, 0.05) is 36.9 Å². The number of rotatable bonds is 2. The number of allylic oxidation sites excluding steroid dienone is 2. The van der Waals surface area contributed by atoms with Gasteiger partial charge in [0.15, 0.2) is 11.5 Å². The van der Waals surface area contributed by atoms with E-state index in [2.05, 4.69) is 0 Å². The molecule has 0 aromatic carbocycles. The summed E-state index contributed by atoms with van der Waals surface area (Å²) >= 11 is 0. The van der Waals surface area contributed by atoms with E-state index in [1.165, 1.54) is 20.3 Å². The molecular weight excluding hydrogens is 364 g/mol. The van der Waals surface area contributed by atoms with Crippen molar-refractivity contribution < 1.29 is 33.7 Å². The molecule has 0 radical (unpaired) electrons. The van der Waals surface area contributed by atoms with Crippen LogP contribution in [0.3, 0.4) is 0 Å². The van der Waals surface area contributed by atoms with Gasteiger partial charge in [-0.15, -0.1) is 0 Å². The first-order chi connectivity index (χ1) is 13.1. The zero-order chi connectivity index (χ0) is 20.6. The lowest BCUT2D eigenvalue weighted by Gasteiger charge is -2.67. The topological polar surface area (TPSA) is 99.1 Å². The molecule has 3 fully saturated rings. The fourth-order valence-electron chi connectivity index (χ4n) is 7.01. The second-order valence-electron chi connectivity index (χ2n) is 9.20. The molecule has 3 aliphatic carbocycles. The van der Waals surface area contributed by atoms with Crippen LogP contribution in [0.1, 0.15) is 33.6 Å². The van der Waals surface area contributed by atoms with E-state index in [0.717, 1.165) is 0 Å².